The van der Waals surface area contributed by atoms with Gasteiger partial charge in [0.05, 0.1) is 24.6 Å². The van der Waals surface area contributed by atoms with Gasteiger partial charge >= 0.3 is 0 Å². The van der Waals surface area contributed by atoms with Gasteiger partial charge in [0.2, 0.25) is 11.8 Å². The molecule has 0 aliphatic heterocycles. The molecule has 0 bridgehead atoms. The van der Waals surface area contributed by atoms with Crippen molar-refractivity contribution in [3.63, 3.8) is 0 Å². The average molecular weight is 354 g/mol. The summed E-state index contributed by atoms with van der Waals surface area (Å²) >= 11 is 6.06. The standard InChI is InChI=1S/C17H24ClN3O3/c1-10-7-14(15(24-4)9-13(10)18)20-17(23)12-8-11(12)16(22)19-5-6-21(2)3/h7,9,11-12H,5-6,8H2,1-4H3,(H,19,22)(H,20,23). The summed E-state index contributed by atoms with van der Waals surface area (Å²) in [5.41, 5.74) is 1.42. The number of carbonyl (C=O) groups is 2. The molecule has 24 heavy (non-hydrogen) atoms. The van der Waals surface area contributed by atoms with E-state index in [-0.39, 0.29) is 23.7 Å². The number of nitrogens with one attached hydrogen (secondary N) is 2. The molecule has 1 aromatic carbocycles. The quantitative estimate of drug-likeness (QED) is 0.785. The smallest absolute Gasteiger partial charge is 0.228 e. The van der Waals surface area contributed by atoms with Gasteiger partial charge in [-0.25, -0.2) is 0 Å². The largest absolute Gasteiger partial charge is 0.495 e. The van der Waals surface area contributed by atoms with Crippen LogP contribution in [0, 0.1) is 18.8 Å². The van der Waals surface area contributed by atoms with Crippen molar-refractivity contribution in [2.75, 3.05) is 39.6 Å². The van der Waals surface area contributed by atoms with Crippen LogP contribution in [0.15, 0.2) is 12.1 Å². The number of methoxy groups -OCH3 is 1. The van der Waals surface area contributed by atoms with Gasteiger partial charge in [0.1, 0.15) is 5.75 Å². The lowest BCUT2D eigenvalue weighted by Gasteiger charge is -2.12. The number of halogens is 1. The number of aryl methyl sites for hydroxylation is 1. The molecule has 1 aromatic rings. The molecule has 132 valence electrons. The average Bonchev–Trinajstić information content (AvgIpc) is 3.31. The molecule has 0 radical (unpaired) electrons. The fourth-order valence-electron chi connectivity index (χ4n) is 2.46. The number of benzene rings is 1. The first-order chi connectivity index (χ1) is 11.3. The van der Waals surface area contributed by atoms with E-state index < -0.39 is 0 Å². The Bertz CT molecular complexity index is 634. The van der Waals surface area contributed by atoms with Crippen molar-refractivity contribution in [1.29, 1.82) is 0 Å². The van der Waals surface area contributed by atoms with Gasteiger partial charge in [-0.15, -0.1) is 0 Å². The lowest BCUT2D eigenvalue weighted by molar-refractivity contribution is -0.125. The molecule has 2 N–H and O–H groups in total. The van der Waals surface area contributed by atoms with Crippen LogP contribution < -0.4 is 15.4 Å². The molecule has 1 saturated carbocycles. The second-order valence-electron chi connectivity index (χ2n) is 6.33. The zero-order valence-corrected chi connectivity index (χ0v) is 15.2. The van der Waals surface area contributed by atoms with Gasteiger partial charge in [-0.1, -0.05) is 11.6 Å². The maximum absolute atomic E-state index is 12.3. The second kappa shape index (κ2) is 7.85. The number of anilines is 1. The van der Waals surface area contributed by atoms with E-state index in [2.05, 4.69) is 10.6 Å². The maximum Gasteiger partial charge on any atom is 0.228 e. The Kier molecular flexibility index (Phi) is 6.07. The summed E-state index contributed by atoms with van der Waals surface area (Å²) in [4.78, 5) is 26.4. The van der Waals surface area contributed by atoms with Crippen LogP contribution in [0.2, 0.25) is 5.02 Å². The molecule has 2 amide bonds. The van der Waals surface area contributed by atoms with Crippen molar-refractivity contribution < 1.29 is 14.3 Å². The maximum atomic E-state index is 12.3. The molecule has 6 nitrogen and oxygen atoms in total. The van der Waals surface area contributed by atoms with Crippen LogP contribution in [-0.2, 0) is 9.59 Å². The summed E-state index contributed by atoms with van der Waals surface area (Å²) < 4.78 is 5.25. The van der Waals surface area contributed by atoms with E-state index in [4.69, 9.17) is 16.3 Å². The highest BCUT2D eigenvalue weighted by atomic mass is 35.5. The lowest BCUT2D eigenvalue weighted by Crippen LogP contribution is -2.33. The number of nitrogens with zero attached hydrogens (tertiary/aromatic N) is 1. The highest BCUT2D eigenvalue weighted by molar-refractivity contribution is 6.31. The highest BCUT2D eigenvalue weighted by Crippen LogP contribution is 2.40. The minimum absolute atomic E-state index is 0.0590. The highest BCUT2D eigenvalue weighted by Gasteiger charge is 2.48. The Morgan fingerprint density at radius 3 is 2.58 bits per heavy atom. The van der Waals surface area contributed by atoms with E-state index in [0.29, 0.717) is 29.4 Å². The van der Waals surface area contributed by atoms with E-state index in [1.165, 1.54) is 7.11 Å². The molecule has 7 heteroatoms. The van der Waals surface area contributed by atoms with Crippen molar-refractivity contribution >= 4 is 29.1 Å². The van der Waals surface area contributed by atoms with E-state index in [1.54, 1.807) is 12.1 Å². The van der Waals surface area contributed by atoms with Gasteiger partial charge in [-0.05, 0) is 39.1 Å². The minimum atomic E-state index is -0.287. The minimum Gasteiger partial charge on any atom is -0.495 e. The van der Waals surface area contributed by atoms with Crippen LogP contribution in [0.3, 0.4) is 0 Å². The monoisotopic (exact) mass is 353 g/mol. The van der Waals surface area contributed by atoms with Crippen molar-refractivity contribution in [2.24, 2.45) is 11.8 Å². The Morgan fingerprint density at radius 2 is 1.96 bits per heavy atom. The Balaban J connectivity index is 1.91. The van der Waals surface area contributed by atoms with E-state index in [9.17, 15) is 9.59 Å². The first-order valence-corrected chi connectivity index (χ1v) is 8.28. The van der Waals surface area contributed by atoms with Crippen molar-refractivity contribution in [3.05, 3.63) is 22.7 Å². The zero-order chi connectivity index (χ0) is 17.9. The molecule has 2 unspecified atom stereocenters. The molecule has 2 rings (SSSR count). The van der Waals surface area contributed by atoms with Crippen molar-refractivity contribution in [2.45, 2.75) is 13.3 Å². The Hall–Kier alpha value is -1.79. The van der Waals surface area contributed by atoms with Gasteiger partial charge < -0.3 is 20.3 Å². The number of amides is 2. The number of rotatable bonds is 7. The van der Waals surface area contributed by atoms with Crippen LogP contribution in [-0.4, -0.2) is 51.0 Å². The van der Waals surface area contributed by atoms with Gasteiger partial charge in [-0.3, -0.25) is 9.59 Å². The topological polar surface area (TPSA) is 70.7 Å². The molecule has 1 aliphatic carbocycles. The number of likely N-dealkylation sites (N-methyl/N-ethyl adjacent to an activating group) is 1. The molecule has 0 spiro atoms. The van der Waals surface area contributed by atoms with E-state index in [0.717, 1.165) is 12.1 Å². The summed E-state index contributed by atoms with van der Waals surface area (Å²) in [5, 5.41) is 6.28. The molecular formula is C17H24ClN3O3. The molecular weight excluding hydrogens is 330 g/mol. The third-order valence-electron chi connectivity index (χ3n) is 4.06. The summed E-state index contributed by atoms with van der Waals surface area (Å²) in [6.07, 6.45) is 0.578. The summed E-state index contributed by atoms with van der Waals surface area (Å²) in [6, 6.07) is 3.44. The Morgan fingerprint density at radius 1 is 1.29 bits per heavy atom. The third-order valence-corrected chi connectivity index (χ3v) is 4.47. The SMILES string of the molecule is COc1cc(Cl)c(C)cc1NC(=O)C1CC1C(=O)NCCN(C)C. The van der Waals surface area contributed by atoms with Crippen LogP contribution in [0.5, 0.6) is 5.75 Å². The fraction of sp³-hybridized carbons (Fsp3) is 0.529. The van der Waals surface area contributed by atoms with Gasteiger partial charge in [0, 0.05) is 24.2 Å². The van der Waals surface area contributed by atoms with Gasteiger partial charge in [-0.2, -0.15) is 0 Å². The van der Waals surface area contributed by atoms with Crippen molar-refractivity contribution in [3.8, 4) is 5.75 Å². The van der Waals surface area contributed by atoms with Crippen LogP contribution in [0.1, 0.15) is 12.0 Å². The second-order valence-corrected chi connectivity index (χ2v) is 6.74. The van der Waals surface area contributed by atoms with Gasteiger partial charge in [0.25, 0.3) is 0 Å². The molecule has 0 heterocycles. The third kappa shape index (κ3) is 4.61. The van der Waals surface area contributed by atoms with Crippen LogP contribution in [0.25, 0.3) is 0 Å². The molecule has 1 aliphatic rings. The predicted octanol–water partition coefficient (Wildman–Crippen LogP) is 1.91. The van der Waals surface area contributed by atoms with Crippen LogP contribution >= 0.6 is 11.6 Å². The predicted molar refractivity (Wildman–Crippen MR) is 94.5 cm³/mol. The molecule has 0 saturated heterocycles. The first kappa shape index (κ1) is 18.5. The summed E-state index contributed by atoms with van der Waals surface area (Å²) in [5.74, 6) is -0.248. The summed E-state index contributed by atoms with van der Waals surface area (Å²) in [6.45, 7) is 3.22. The fourth-order valence-corrected chi connectivity index (χ4v) is 2.62. The van der Waals surface area contributed by atoms with E-state index >= 15 is 0 Å². The normalized spacial score (nSPS) is 19.1. The number of ether oxygens (including phenoxy) is 1. The number of carbonyl (C=O) groups excluding carboxylic acids is 2. The van der Waals surface area contributed by atoms with Crippen LogP contribution in [0.4, 0.5) is 5.69 Å². The van der Waals surface area contributed by atoms with Gasteiger partial charge in [0.15, 0.2) is 0 Å². The molecule has 1 fully saturated rings. The molecule has 2 atom stereocenters. The zero-order valence-electron chi connectivity index (χ0n) is 14.5. The van der Waals surface area contributed by atoms with Crippen molar-refractivity contribution in [1.82, 2.24) is 10.2 Å². The lowest BCUT2D eigenvalue weighted by atomic mass is 10.2. The summed E-state index contributed by atoms with van der Waals surface area (Å²) in [7, 11) is 5.41. The Labute approximate surface area is 147 Å². The number of hydrogen-bond donors (Lipinski definition) is 2. The number of hydrogen-bond acceptors (Lipinski definition) is 4. The first-order valence-electron chi connectivity index (χ1n) is 7.91. The van der Waals surface area contributed by atoms with E-state index in [1.807, 2.05) is 25.9 Å². The molecule has 0 aromatic heterocycles.